The average molecular weight is 265 g/mol. The molecule has 3 nitrogen and oxygen atoms in total. The van der Waals surface area contributed by atoms with Gasteiger partial charge < -0.3 is 10.1 Å². The summed E-state index contributed by atoms with van der Waals surface area (Å²) in [4.78, 5) is 11.7. The maximum atomic E-state index is 11.7. The number of carbonyl (C=O) groups excluding carboxylic acids is 1. The molecule has 3 aliphatic rings. The van der Waals surface area contributed by atoms with Crippen LogP contribution in [0.25, 0.3) is 0 Å². The zero-order chi connectivity index (χ0) is 13.2. The first kappa shape index (κ1) is 13.4. The summed E-state index contributed by atoms with van der Waals surface area (Å²) in [5.41, 5.74) is 0. The molecule has 0 atom stereocenters. The van der Waals surface area contributed by atoms with Gasteiger partial charge in [0.2, 0.25) is 0 Å². The minimum Gasteiger partial charge on any atom is -0.466 e. The number of nitrogens with one attached hydrogen (secondary N) is 1. The molecule has 0 aromatic rings. The number of hydrogen-bond acceptors (Lipinski definition) is 3. The lowest BCUT2D eigenvalue weighted by atomic mass is 9.85. The Bertz CT molecular complexity index is 303. The van der Waals surface area contributed by atoms with Gasteiger partial charge in [-0.3, -0.25) is 4.79 Å². The predicted molar refractivity (Wildman–Crippen MR) is 74.8 cm³/mol. The van der Waals surface area contributed by atoms with E-state index in [1.54, 1.807) is 0 Å². The highest BCUT2D eigenvalue weighted by Gasteiger charge is 2.42. The van der Waals surface area contributed by atoms with Crippen LogP contribution in [0.1, 0.15) is 58.3 Å². The molecule has 0 aliphatic heterocycles. The van der Waals surface area contributed by atoms with Crippen molar-refractivity contribution in [3.05, 3.63) is 0 Å². The summed E-state index contributed by atoms with van der Waals surface area (Å²) < 4.78 is 5.13. The van der Waals surface area contributed by atoms with Gasteiger partial charge in [0.05, 0.1) is 12.5 Å². The van der Waals surface area contributed by atoms with E-state index in [0.29, 0.717) is 12.6 Å². The molecular formula is C16H27NO2. The van der Waals surface area contributed by atoms with Crippen LogP contribution in [-0.2, 0) is 9.53 Å². The Labute approximate surface area is 116 Å². The summed E-state index contributed by atoms with van der Waals surface area (Å²) in [6.45, 7) is 2.41. The SMILES string of the molecule is CCOC(=O)C1CCC(NC(C2CC2)C2CC2)CC1. The highest BCUT2D eigenvalue weighted by molar-refractivity contribution is 5.72. The smallest absolute Gasteiger partial charge is 0.308 e. The van der Waals surface area contributed by atoms with Gasteiger partial charge in [0.15, 0.2) is 0 Å². The van der Waals surface area contributed by atoms with Gasteiger partial charge in [0.1, 0.15) is 0 Å². The molecule has 0 amide bonds. The molecule has 0 unspecified atom stereocenters. The lowest BCUT2D eigenvalue weighted by Gasteiger charge is -2.31. The van der Waals surface area contributed by atoms with Gasteiger partial charge >= 0.3 is 5.97 Å². The fourth-order valence-corrected chi connectivity index (χ4v) is 3.60. The average Bonchev–Trinajstić information content (AvgIpc) is 3.30. The lowest BCUT2D eigenvalue weighted by Crippen LogP contribution is -2.43. The van der Waals surface area contributed by atoms with E-state index in [0.717, 1.165) is 43.6 Å². The first-order chi connectivity index (χ1) is 9.28. The standard InChI is InChI=1S/C16H27NO2/c1-2-19-16(18)13-7-9-14(10-8-13)17-15(11-3-4-11)12-5-6-12/h11-15,17H,2-10H2,1H3. The van der Waals surface area contributed by atoms with Crippen molar-refractivity contribution in [2.75, 3.05) is 6.61 Å². The molecule has 3 saturated carbocycles. The Morgan fingerprint density at radius 3 is 2.11 bits per heavy atom. The molecule has 3 aliphatic carbocycles. The van der Waals surface area contributed by atoms with Gasteiger partial charge in [0.25, 0.3) is 0 Å². The Hall–Kier alpha value is -0.570. The minimum absolute atomic E-state index is 0.0295. The van der Waals surface area contributed by atoms with Gasteiger partial charge in [-0.25, -0.2) is 0 Å². The first-order valence-electron chi connectivity index (χ1n) is 8.20. The summed E-state index contributed by atoms with van der Waals surface area (Å²) in [6, 6.07) is 1.45. The van der Waals surface area contributed by atoms with Crippen molar-refractivity contribution in [1.82, 2.24) is 5.32 Å². The van der Waals surface area contributed by atoms with Crippen LogP contribution in [0.15, 0.2) is 0 Å². The molecule has 0 saturated heterocycles. The van der Waals surface area contributed by atoms with Crippen LogP contribution in [-0.4, -0.2) is 24.7 Å². The van der Waals surface area contributed by atoms with Crippen molar-refractivity contribution < 1.29 is 9.53 Å². The van der Waals surface area contributed by atoms with Crippen LogP contribution in [0.2, 0.25) is 0 Å². The molecule has 1 N–H and O–H groups in total. The summed E-state index contributed by atoms with van der Waals surface area (Å²) in [7, 11) is 0. The second-order valence-electron chi connectivity index (χ2n) is 6.67. The fraction of sp³-hybridized carbons (Fsp3) is 0.938. The number of hydrogen-bond donors (Lipinski definition) is 1. The largest absolute Gasteiger partial charge is 0.466 e. The monoisotopic (exact) mass is 265 g/mol. The van der Waals surface area contributed by atoms with Crippen molar-refractivity contribution in [3.63, 3.8) is 0 Å². The number of ether oxygens (including phenoxy) is 1. The van der Waals surface area contributed by atoms with E-state index in [4.69, 9.17) is 4.74 Å². The van der Waals surface area contributed by atoms with Gasteiger partial charge in [-0.05, 0) is 70.1 Å². The number of rotatable bonds is 6. The second-order valence-corrected chi connectivity index (χ2v) is 6.67. The van der Waals surface area contributed by atoms with Gasteiger partial charge in [-0.1, -0.05) is 0 Å². The second kappa shape index (κ2) is 5.82. The van der Waals surface area contributed by atoms with Crippen LogP contribution in [0.4, 0.5) is 0 Å². The van der Waals surface area contributed by atoms with E-state index in [-0.39, 0.29) is 11.9 Å². The van der Waals surface area contributed by atoms with Crippen molar-refractivity contribution in [1.29, 1.82) is 0 Å². The molecule has 0 aromatic carbocycles. The molecule has 0 bridgehead atoms. The van der Waals surface area contributed by atoms with E-state index < -0.39 is 0 Å². The first-order valence-corrected chi connectivity index (χ1v) is 8.20. The third kappa shape index (κ3) is 3.50. The Kier molecular flexibility index (Phi) is 4.11. The molecule has 3 rings (SSSR count). The summed E-state index contributed by atoms with van der Waals surface area (Å²) >= 11 is 0. The highest BCUT2D eigenvalue weighted by Crippen LogP contribution is 2.45. The topological polar surface area (TPSA) is 38.3 Å². The zero-order valence-electron chi connectivity index (χ0n) is 12.1. The highest BCUT2D eigenvalue weighted by atomic mass is 16.5. The quantitative estimate of drug-likeness (QED) is 0.750. The van der Waals surface area contributed by atoms with Gasteiger partial charge in [-0.2, -0.15) is 0 Å². The van der Waals surface area contributed by atoms with Crippen LogP contribution in [0.3, 0.4) is 0 Å². The van der Waals surface area contributed by atoms with Crippen molar-refractivity contribution in [2.24, 2.45) is 17.8 Å². The molecule has 3 fully saturated rings. The zero-order valence-corrected chi connectivity index (χ0v) is 12.1. The van der Waals surface area contributed by atoms with E-state index in [9.17, 15) is 4.79 Å². The molecule has 0 radical (unpaired) electrons. The van der Waals surface area contributed by atoms with Crippen molar-refractivity contribution >= 4 is 5.97 Å². The van der Waals surface area contributed by atoms with E-state index in [1.165, 1.54) is 25.7 Å². The summed E-state index contributed by atoms with van der Waals surface area (Å²) in [5.74, 6) is 2.13. The third-order valence-electron chi connectivity index (χ3n) is 5.04. The van der Waals surface area contributed by atoms with E-state index >= 15 is 0 Å². The number of carbonyl (C=O) groups is 1. The van der Waals surface area contributed by atoms with Crippen molar-refractivity contribution in [2.45, 2.75) is 70.4 Å². The summed E-state index contributed by atoms with van der Waals surface area (Å²) in [5, 5.41) is 3.92. The maximum Gasteiger partial charge on any atom is 0.308 e. The molecule has 108 valence electrons. The molecule has 3 heteroatoms. The number of esters is 1. The maximum absolute atomic E-state index is 11.7. The van der Waals surface area contributed by atoms with Crippen molar-refractivity contribution in [3.8, 4) is 0 Å². The molecule has 0 heterocycles. The van der Waals surface area contributed by atoms with Crippen LogP contribution < -0.4 is 5.32 Å². The summed E-state index contributed by atoms with van der Waals surface area (Å²) in [6.07, 6.45) is 10.1. The Balaban J connectivity index is 1.43. The normalized spacial score (nSPS) is 31.5. The van der Waals surface area contributed by atoms with Gasteiger partial charge in [-0.15, -0.1) is 0 Å². The van der Waals surface area contributed by atoms with Crippen LogP contribution in [0.5, 0.6) is 0 Å². The van der Waals surface area contributed by atoms with Crippen LogP contribution in [0, 0.1) is 17.8 Å². The van der Waals surface area contributed by atoms with Gasteiger partial charge in [0, 0.05) is 12.1 Å². The molecule has 19 heavy (non-hydrogen) atoms. The lowest BCUT2D eigenvalue weighted by molar-refractivity contribution is -0.149. The molecule has 0 aromatic heterocycles. The molecule has 0 spiro atoms. The minimum atomic E-state index is 0.0295. The van der Waals surface area contributed by atoms with Crippen LogP contribution >= 0.6 is 0 Å². The third-order valence-corrected chi connectivity index (χ3v) is 5.04. The molecular weight excluding hydrogens is 238 g/mol. The predicted octanol–water partition coefficient (Wildman–Crippen LogP) is 2.89. The van der Waals surface area contributed by atoms with E-state index in [2.05, 4.69) is 5.32 Å². The Morgan fingerprint density at radius 1 is 1.05 bits per heavy atom. The Morgan fingerprint density at radius 2 is 1.63 bits per heavy atom. The van der Waals surface area contributed by atoms with E-state index in [1.807, 2.05) is 6.92 Å². The fourth-order valence-electron chi connectivity index (χ4n) is 3.60.